The van der Waals surface area contributed by atoms with Crippen molar-refractivity contribution in [1.82, 2.24) is 4.98 Å². The van der Waals surface area contributed by atoms with Crippen molar-refractivity contribution in [2.24, 2.45) is 5.73 Å². The number of nitrogens with two attached hydrogens (primary N) is 1. The number of alkyl halides is 2. The molecule has 0 atom stereocenters. The van der Waals surface area contributed by atoms with Crippen LogP contribution in [0.5, 0.6) is 0 Å². The molecule has 1 aromatic heterocycles. The largest absolute Gasteiger partial charge is 0.330 e. The highest BCUT2D eigenvalue weighted by Crippen LogP contribution is 2.36. The van der Waals surface area contributed by atoms with E-state index < -0.39 is 12.3 Å². The van der Waals surface area contributed by atoms with Gasteiger partial charge < -0.3 is 5.73 Å². The maximum Gasteiger partial charge on any atom is 0.277 e. The van der Waals surface area contributed by atoms with Gasteiger partial charge in [0.05, 0.1) is 10.6 Å². The van der Waals surface area contributed by atoms with Gasteiger partial charge in [0.15, 0.2) is 0 Å². The molecule has 0 fully saturated rings. The first-order valence-electron chi connectivity index (χ1n) is 3.87. The number of hydrogen-bond acceptors (Lipinski definition) is 2. The third-order valence-corrected chi connectivity index (χ3v) is 2.19. The fourth-order valence-corrected chi connectivity index (χ4v) is 1.50. The summed E-state index contributed by atoms with van der Waals surface area (Å²) >= 11 is 11.1. The van der Waals surface area contributed by atoms with E-state index in [0.717, 1.165) is 6.20 Å². The predicted molar refractivity (Wildman–Crippen MR) is 51.8 cm³/mol. The molecule has 6 heteroatoms. The first-order chi connectivity index (χ1) is 6.47. The molecule has 0 saturated heterocycles. The first kappa shape index (κ1) is 11.6. The van der Waals surface area contributed by atoms with Crippen LogP contribution in [0.2, 0.25) is 10.2 Å². The number of pyridine rings is 1. The lowest BCUT2D eigenvalue weighted by molar-refractivity contribution is -0.0109. The Balaban J connectivity index is 3.06. The summed E-state index contributed by atoms with van der Waals surface area (Å²) in [5, 5.41) is -0.00857. The van der Waals surface area contributed by atoms with E-state index in [-0.39, 0.29) is 22.3 Å². The van der Waals surface area contributed by atoms with Crippen molar-refractivity contribution < 1.29 is 8.78 Å². The van der Waals surface area contributed by atoms with Gasteiger partial charge in [0, 0.05) is 12.6 Å². The van der Waals surface area contributed by atoms with Crippen LogP contribution in [0.25, 0.3) is 0 Å². The number of hydrogen-bond donors (Lipinski definition) is 1. The molecule has 0 saturated carbocycles. The predicted octanol–water partition coefficient (Wildman–Crippen LogP) is 2.83. The minimum atomic E-state index is -3.05. The Morgan fingerprint density at radius 3 is 2.57 bits per heavy atom. The Morgan fingerprint density at radius 1 is 1.43 bits per heavy atom. The van der Waals surface area contributed by atoms with Gasteiger partial charge in [-0.15, -0.1) is 0 Å². The molecule has 1 rings (SSSR count). The average molecular weight is 241 g/mol. The highest BCUT2D eigenvalue weighted by atomic mass is 35.5. The second kappa shape index (κ2) is 4.38. The lowest BCUT2D eigenvalue weighted by atomic mass is 10.1. The standard InChI is InChI=1S/C8H8Cl2F2N2/c9-6-3-7(10)14-4-5(6)8(11,12)1-2-13/h3-4H,1-2,13H2. The normalized spacial score (nSPS) is 11.8. The van der Waals surface area contributed by atoms with Crippen molar-refractivity contribution in [2.75, 3.05) is 6.54 Å². The summed E-state index contributed by atoms with van der Waals surface area (Å²) in [6.45, 7) is -0.119. The van der Waals surface area contributed by atoms with Gasteiger partial charge in [0.1, 0.15) is 5.15 Å². The van der Waals surface area contributed by atoms with E-state index in [2.05, 4.69) is 4.98 Å². The van der Waals surface area contributed by atoms with Gasteiger partial charge in [0.25, 0.3) is 5.92 Å². The summed E-state index contributed by atoms with van der Waals surface area (Å²) in [7, 11) is 0. The van der Waals surface area contributed by atoms with Crippen molar-refractivity contribution in [3.05, 3.63) is 28.0 Å². The fraction of sp³-hybridized carbons (Fsp3) is 0.375. The minimum Gasteiger partial charge on any atom is -0.330 e. The summed E-state index contributed by atoms with van der Waals surface area (Å²) in [6, 6.07) is 1.18. The van der Waals surface area contributed by atoms with Crippen LogP contribution in [0.1, 0.15) is 12.0 Å². The molecular formula is C8H8Cl2F2N2. The van der Waals surface area contributed by atoms with Crippen LogP contribution in [0.3, 0.4) is 0 Å². The van der Waals surface area contributed by atoms with Crippen LogP contribution >= 0.6 is 23.2 Å². The van der Waals surface area contributed by atoms with Gasteiger partial charge in [-0.3, -0.25) is 0 Å². The molecule has 0 bridgehead atoms. The summed E-state index contributed by atoms with van der Waals surface area (Å²) < 4.78 is 26.6. The third kappa shape index (κ3) is 2.53. The number of halogens is 4. The maximum absolute atomic E-state index is 13.3. The number of rotatable bonds is 3. The van der Waals surface area contributed by atoms with Gasteiger partial charge in [-0.1, -0.05) is 23.2 Å². The van der Waals surface area contributed by atoms with E-state index >= 15 is 0 Å². The molecule has 2 nitrogen and oxygen atoms in total. The molecule has 0 aliphatic heterocycles. The van der Waals surface area contributed by atoms with E-state index in [4.69, 9.17) is 28.9 Å². The second-order valence-corrected chi connectivity index (χ2v) is 3.52. The first-order valence-corrected chi connectivity index (χ1v) is 4.62. The average Bonchev–Trinajstić information content (AvgIpc) is 2.02. The second-order valence-electron chi connectivity index (χ2n) is 2.73. The van der Waals surface area contributed by atoms with Crippen LogP contribution in [-0.4, -0.2) is 11.5 Å². The smallest absolute Gasteiger partial charge is 0.277 e. The molecule has 14 heavy (non-hydrogen) atoms. The fourth-order valence-electron chi connectivity index (χ4n) is 0.993. The van der Waals surface area contributed by atoms with Crippen molar-refractivity contribution in [3.63, 3.8) is 0 Å². The summed E-state index contributed by atoms with van der Waals surface area (Å²) in [4.78, 5) is 3.55. The van der Waals surface area contributed by atoms with Crippen LogP contribution in [0.15, 0.2) is 12.3 Å². The van der Waals surface area contributed by atoms with Gasteiger partial charge in [-0.2, -0.15) is 0 Å². The Kier molecular flexibility index (Phi) is 3.64. The topological polar surface area (TPSA) is 38.9 Å². The lowest BCUT2D eigenvalue weighted by Crippen LogP contribution is -2.19. The van der Waals surface area contributed by atoms with Crippen molar-refractivity contribution in [2.45, 2.75) is 12.3 Å². The highest BCUT2D eigenvalue weighted by Gasteiger charge is 2.33. The van der Waals surface area contributed by atoms with Gasteiger partial charge in [-0.05, 0) is 12.6 Å². The summed E-state index contributed by atoms with van der Waals surface area (Å²) in [5.41, 5.74) is 4.72. The molecule has 0 aliphatic rings. The molecular weight excluding hydrogens is 233 g/mol. The SMILES string of the molecule is NCCC(F)(F)c1cnc(Cl)cc1Cl. The Hall–Kier alpha value is -0.450. The number of aromatic nitrogens is 1. The van der Waals surface area contributed by atoms with Crippen LogP contribution in [-0.2, 0) is 5.92 Å². The van der Waals surface area contributed by atoms with E-state index in [1.165, 1.54) is 6.07 Å². The van der Waals surface area contributed by atoms with Crippen LogP contribution in [0.4, 0.5) is 8.78 Å². The molecule has 0 amide bonds. The van der Waals surface area contributed by atoms with Gasteiger partial charge in [-0.25, -0.2) is 13.8 Å². The van der Waals surface area contributed by atoms with Gasteiger partial charge in [0.2, 0.25) is 0 Å². The molecule has 1 aromatic rings. The van der Waals surface area contributed by atoms with E-state index in [0.29, 0.717) is 0 Å². The molecule has 0 aliphatic carbocycles. The Morgan fingerprint density at radius 2 is 2.07 bits per heavy atom. The van der Waals surface area contributed by atoms with Crippen molar-refractivity contribution >= 4 is 23.2 Å². The molecule has 0 aromatic carbocycles. The maximum atomic E-state index is 13.3. The zero-order chi connectivity index (χ0) is 10.8. The monoisotopic (exact) mass is 240 g/mol. The van der Waals surface area contributed by atoms with E-state index in [9.17, 15) is 8.78 Å². The third-order valence-electron chi connectivity index (χ3n) is 1.67. The Bertz CT molecular complexity index is 331. The quantitative estimate of drug-likeness (QED) is 0.826. The lowest BCUT2D eigenvalue weighted by Gasteiger charge is -2.16. The summed E-state index contributed by atoms with van der Waals surface area (Å²) in [6.07, 6.45) is 0.510. The zero-order valence-corrected chi connectivity index (χ0v) is 8.62. The number of nitrogens with zero attached hydrogens (tertiary/aromatic N) is 1. The molecule has 0 radical (unpaired) electrons. The summed E-state index contributed by atoms with van der Waals surface area (Å²) in [5.74, 6) is -3.05. The molecule has 78 valence electrons. The molecule has 0 unspecified atom stereocenters. The molecule has 1 heterocycles. The van der Waals surface area contributed by atoms with E-state index in [1.807, 2.05) is 0 Å². The Labute approximate surface area is 90.0 Å². The van der Waals surface area contributed by atoms with Gasteiger partial charge >= 0.3 is 0 Å². The minimum absolute atomic E-state index is 0.0855. The van der Waals surface area contributed by atoms with Crippen LogP contribution < -0.4 is 5.73 Å². The molecule has 0 spiro atoms. The zero-order valence-electron chi connectivity index (χ0n) is 7.11. The highest BCUT2D eigenvalue weighted by molar-refractivity contribution is 6.34. The molecule has 2 N–H and O–H groups in total. The van der Waals surface area contributed by atoms with Crippen molar-refractivity contribution in [3.8, 4) is 0 Å². The van der Waals surface area contributed by atoms with Crippen molar-refractivity contribution in [1.29, 1.82) is 0 Å². The van der Waals surface area contributed by atoms with E-state index in [1.54, 1.807) is 0 Å². The van der Waals surface area contributed by atoms with Crippen LogP contribution in [0, 0.1) is 0 Å².